The van der Waals surface area contributed by atoms with Gasteiger partial charge in [0.2, 0.25) is 0 Å². The molecule has 4 fully saturated rings. The first-order chi connectivity index (χ1) is 12.6. The van der Waals surface area contributed by atoms with Crippen LogP contribution in [0, 0.1) is 47.3 Å². The molecule has 4 aliphatic rings. The highest BCUT2D eigenvalue weighted by molar-refractivity contribution is 5.83. The summed E-state index contributed by atoms with van der Waals surface area (Å²) in [6.45, 7) is 4.58. The van der Waals surface area contributed by atoms with Crippen LogP contribution in [0.4, 0.5) is 0 Å². The van der Waals surface area contributed by atoms with E-state index in [0.29, 0.717) is 29.5 Å². The Hall–Kier alpha value is -0.330. The zero-order valence-corrected chi connectivity index (χ0v) is 17.4. The van der Waals surface area contributed by atoms with Crippen molar-refractivity contribution in [3.8, 4) is 0 Å². The molecule has 0 radical (unpaired) electrons. The van der Waals surface area contributed by atoms with Crippen LogP contribution in [0.25, 0.3) is 0 Å². The highest BCUT2D eigenvalue weighted by atomic mass is 16.1. The maximum atomic E-state index is 13.4. The van der Waals surface area contributed by atoms with Gasteiger partial charge in [-0.05, 0) is 74.0 Å². The Morgan fingerprint density at radius 1 is 0.577 bits per heavy atom. The average molecular weight is 359 g/mol. The molecule has 148 valence electrons. The Labute approximate surface area is 162 Å². The van der Waals surface area contributed by atoms with Gasteiger partial charge < -0.3 is 0 Å². The van der Waals surface area contributed by atoms with Crippen molar-refractivity contribution in [2.24, 2.45) is 47.3 Å². The predicted octanol–water partition coefficient (Wildman–Crippen LogP) is 7.04. The fraction of sp³-hybridized carbons (Fsp3) is 0.960. The van der Waals surface area contributed by atoms with Crippen molar-refractivity contribution in [1.82, 2.24) is 0 Å². The molecular formula is C25H42O. The summed E-state index contributed by atoms with van der Waals surface area (Å²) in [6, 6.07) is 0. The van der Waals surface area contributed by atoms with Crippen molar-refractivity contribution >= 4 is 5.78 Å². The third-order valence-electron chi connectivity index (χ3n) is 9.47. The zero-order valence-electron chi connectivity index (χ0n) is 17.4. The molecular weight excluding hydrogens is 316 g/mol. The summed E-state index contributed by atoms with van der Waals surface area (Å²) in [5, 5.41) is 0. The van der Waals surface area contributed by atoms with Crippen LogP contribution in [0.5, 0.6) is 0 Å². The summed E-state index contributed by atoms with van der Waals surface area (Å²) >= 11 is 0. The molecule has 0 amide bonds. The summed E-state index contributed by atoms with van der Waals surface area (Å²) in [6.07, 6.45) is 19.8. The van der Waals surface area contributed by atoms with Crippen molar-refractivity contribution in [2.75, 3.05) is 0 Å². The molecule has 0 aliphatic heterocycles. The summed E-state index contributed by atoms with van der Waals surface area (Å²) in [7, 11) is 0. The van der Waals surface area contributed by atoms with Crippen LogP contribution in [0.2, 0.25) is 0 Å². The fourth-order valence-electron chi connectivity index (χ4n) is 7.61. The van der Waals surface area contributed by atoms with E-state index in [-0.39, 0.29) is 0 Å². The number of rotatable bonds is 4. The van der Waals surface area contributed by atoms with Crippen molar-refractivity contribution in [2.45, 2.75) is 104 Å². The SMILES string of the molecule is CC(C(=O)C(C)C1CCC2CCCCC2C1)C1CCC2CCCCC2C1. The predicted molar refractivity (Wildman–Crippen MR) is 109 cm³/mol. The van der Waals surface area contributed by atoms with Crippen LogP contribution in [0.1, 0.15) is 104 Å². The maximum Gasteiger partial charge on any atom is 0.139 e. The van der Waals surface area contributed by atoms with Gasteiger partial charge in [0.25, 0.3) is 0 Å². The lowest BCUT2D eigenvalue weighted by molar-refractivity contribution is -0.131. The van der Waals surface area contributed by atoms with Crippen LogP contribution in [0.3, 0.4) is 0 Å². The van der Waals surface area contributed by atoms with E-state index in [2.05, 4.69) is 13.8 Å². The molecule has 26 heavy (non-hydrogen) atoms. The molecule has 0 saturated heterocycles. The van der Waals surface area contributed by atoms with Crippen molar-refractivity contribution in [3.05, 3.63) is 0 Å². The van der Waals surface area contributed by atoms with Gasteiger partial charge in [0.1, 0.15) is 5.78 Å². The molecule has 0 aromatic carbocycles. The molecule has 4 saturated carbocycles. The van der Waals surface area contributed by atoms with Gasteiger partial charge in [-0.25, -0.2) is 0 Å². The maximum absolute atomic E-state index is 13.4. The van der Waals surface area contributed by atoms with Crippen LogP contribution in [0.15, 0.2) is 0 Å². The van der Waals surface area contributed by atoms with Gasteiger partial charge in [-0.1, -0.05) is 65.2 Å². The number of Topliss-reactive ketones (excluding diaryl/α,β-unsaturated/α-hetero) is 1. The van der Waals surface area contributed by atoms with E-state index in [0.717, 1.165) is 23.7 Å². The lowest BCUT2D eigenvalue weighted by Gasteiger charge is -2.43. The van der Waals surface area contributed by atoms with Crippen molar-refractivity contribution in [3.63, 3.8) is 0 Å². The van der Waals surface area contributed by atoms with Gasteiger partial charge in [-0.15, -0.1) is 0 Å². The second-order valence-electron chi connectivity index (χ2n) is 10.7. The zero-order chi connectivity index (χ0) is 18.1. The molecule has 0 N–H and O–H groups in total. The van der Waals surface area contributed by atoms with Crippen LogP contribution in [-0.4, -0.2) is 5.78 Å². The molecule has 0 bridgehead atoms. The van der Waals surface area contributed by atoms with E-state index in [1.165, 1.54) is 89.9 Å². The standard InChI is InChI=1S/C25H42O/c1-17(21-13-11-19-7-3-5-9-23(19)15-21)25(26)18(2)22-14-12-20-8-4-6-10-24(20)16-22/h17-24H,3-16H2,1-2H3. The lowest BCUT2D eigenvalue weighted by atomic mass is 9.62. The van der Waals surface area contributed by atoms with Gasteiger partial charge in [0, 0.05) is 11.8 Å². The van der Waals surface area contributed by atoms with Gasteiger partial charge in [0.05, 0.1) is 0 Å². The monoisotopic (exact) mass is 358 g/mol. The van der Waals surface area contributed by atoms with E-state index in [9.17, 15) is 4.79 Å². The number of hydrogen-bond donors (Lipinski definition) is 0. The number of fused-ring (bicyclic) bond motifs is 2. The molecule has 4 aliphatic carbocycles. The Morgan fingerprint density at radius 3 is 1.38 bits per heavy atom. The summed E-state index contributed by atoms with van der Waals surface area (Å²) < 4.78 is 0. The Balaban J connectivity index is 1.32. The van der Waals surface area contributed by atoms with E-state index in [4.69, 9.17) is 0 Å². The minimum absolute atomic E-state index is 0.317. The molecule has 0 aromatic rings. The third-order valence-corrected chi connectivity index (χ3v) is 9.47. The van der Waals surface area contributed by atoms with Crippen LogP contribution >= 0.6 is 0 Å². The summed E-state index contributed by atoms with van der Waals surface area (Å²) in [4.78, 5) is 13.4. The van der Waals surface area contributed by atoms with Crippen LogP contribution < -0.4 is 0 Å². The highest BCUT2D eigenvalue weighted by Gasteiger charge is 2.40. The second-order valence-corrected chi connectivity index (χ2v) is 10.7. The molecule has 1 heteroatoms. The third kappa shape index (κ3) is 3.93. The molecule has 8 unspecified atom stereocenters. The molecule has 4 rings (SSSR count). The van der Waals surface area contributed by atoms with Crippen LogP contribution in [-0.2, 0) is 4.79 Å². The van der Waals surface area contributed by atoms with E-state index >= 15 is 0 Å². The first-order valence-corrected chi connectivity index (χ1v) is 12.2. The molecule has 8 atom stereocenters. The smallest absolute Gasteiger partial charge is 0.139 e. The number of carbonyl (C=O) groups excluding carboxylic acids is 1. The summed E-state index contributed by atoms with van der Waals surface area (Å²) in [5.74, 6) is 6.54. The first-order valence-electron chi connectivity index (χ1n) is 12.2. The molecule has 0 spiro atoms. The van der Waals surface area contributed by atoms with Gasteiger partial charge in [-0.3, -0.25) is 4.79 Å². The molecule has 0 aromatic heterocycles. The minimum atomic E-state index is 0.317. The fourth-order valence-corrected chi connectivity index (χ4v) is 7.61. The topological polar surface area (TPSA) is 17.1 Å². The first kappa shape index (κ1) is 19.0. The number of ketones is 1. The van der Waals surface area contributed by atoms with E-state index < -0.39 is 0 Å². The van der Waals surface area contributed by atoms with Crippen molar-refractivity contribution in [1.29, 1.82) is 0 Å². The largest absolute Gasteiger partial charge is 0.299 e. The Kier molecular flexibility index (Phi) is 6.11. The number of carbonyl (C=O) groups is 1. The number of hydrogen-bond acceptors (Lipinski definition) is 1. The van der Waals surface area contributed by atoms with E-state index in [1.807, 2.05) is 0 Å². The minimum Gasteiger partial charge on any atom is -0.299 e. The molecule has 0 heterocycles. The normalized spacial score (nSPS) is 43.0. The van der Waals surface area contributed by atoms with Gasteiger partial charge >= 0.3 is 0 Å². The van der Waals surface area contributed by atoms with Gasteiger partial charge in [-0.2, -0.15) is 0 Å². The highest BCUT2D eigenvalue weighted by Crippen LogP contribution is 2.47. The summed E-state index contributed by atoms with van der Waals surface area (Å²) in [5.41, 5.74) is 0. The Bertz CT molecular complexity index is 441. The second kappa shape index (κ2) is 8.36. The average Bonchev–Trinajstić information content (AvgIpc) is 2.71. The van der Waals surface area contributed by atoms with E-state index in [1.54, 1.807) is 0 Å². The lowest BCUT2D eigenvalue weighted by Crippen LogP contribution is -2.38. The quantitative estimate of drug-likeness (QED) is 0.526. The molecule has 1 nitrogen and oxygen atoms in total. The Morgan fingerprint density at radius 2 is 0.962 bits per heavy atom. The van der Waals surface area contributed by atoms with Gasteiger partial charge in [0.15, 0.2) is 0 Å². The van der Waals surface area contributed by atoms with Crippen molar-refractivity contribution < 1.29 is 4.79 Å².